The number of carbonyl (C=O) groups excluding carboxylic acids is 2. The van der Waals surface area contributed by atoms with Gasteiger partial charge in [0.2, 0.25) is 10.0 Å². The van der Waals surface area contributed by atoms with Gasteiger partial charge in [0.05, 0.1) is 16.1 Å². The molecule has 0 spiro atoms. The van der Waals surface area contributed by atoms with Crippen molar-refractivity contribution in [1.29, 1.82) is 0 Å². The zero-order valence-corrected chi connectivity index (χ0v) is 18.3. The molecular weight excluding hydrogens is 394 g/mol. The van der Waals surface area contributed by atoms with Crippen LogP contribution >= 0.6 is 0 Å². The smallest absolute Gasteiger partial charge is 0.340 e. The van der Waals surface area contributed by atoms with E-state index in [1.807, 2.05) is 6.92 Å². The van der Waals surface area contributed by atoms with Crippen LogP contribution in [0.1, 0.15) is 49.4 Å². The standard InChI is InChI=1S/C20H31N3O5S/c1-4-5-11-21-19(24)15-28-20(25)17-14-16(29(26,27)22(2)3)9-10-18(17)23-12-7-6-8-13-23/h9-10,14H,4-8,11-13,15H2,1-3H3,(H,21,24). The second-order valence-corrected chi connectivity index (χ2v) is 9.45. The first-order valence-corrected chi connectivity index (χ1v) is 11.5. The summed E-state index contributed by atoms with van der Waals surface area (Å²) in [5, 5.41) is 2.69. The normalized spacial score (nSPS) is 14.7. The fraction of sp³-hybridized carbons (Fsp3) is 0.600. The first kappa shape index (κ1) is 23.2. The molecule has 0 unspecified atom stereocenters. The zero-order valence-electron chi connectivity index (χ0n) is 17.4. The average Bonchev–Trinajstić information content (AvgIpc) is 2.72. The molecule has 1 aromatic carbocycles. The van der Waals surface area contributed by atoms with E-state index in [1.54, 1.807) is 6.07 Å². The highest BCUT2D eigenvalue weighted by atomic mass is 32.2. The molecule has 0 aromatic heterocycles. The zero-order chi connectivity index (χ0) is 21.4. The molecule has 1 saturated heterocycles. The number of anilines is 1. The second-order valence-electron chi connectivity index (χ2n) is 7.29. The number of benzene rings is 1. The lowest BCUT2D eigenvalue weighted by atomic mass is 10.1. The van der Waals surface area contributed by atoms with Crippen LogP contribution < -0.4 is 10.2 Å². The van der Waals surface area contributed by atoms with Crippen LogP contribution in [0.4, 0.5) is 5.69 Å². The van der Waals surface area contributed by atoms with Crippen molar-refractivity contribution in [3.63, 3.8) is 0 Å². The molecule has 1 aliphatic rings. The maximum atomic E-state index is 12.8. The Balaban J connectivity index is 2.25. The summed E-state index contributed by atoms with van der Waals surface area (Å²) in [6.07, 6.45) is 4.94. The van der Waals surface area contributed by atoms with E-state index < -0.39 is 22.6 Å². The number of nitrogens with zero attached hydrogens (tertiary/aromatic N) is 2. The Kier molecular flexibility index (Phi) is 8.45. The van der Waals surface area contributed by atoms with Gasteiger partial charge in [0.1, 0.15) is 0 Å². The topological polar surface area (TPSA) is 96.0 Å². The summed E-state index contributed by atoms with van der Waals surface area (Å²) in [5.74, 6) is -1.07. The number of sulfonamides is 1. The fourth-order valence-electron chi connectivity index (χ4n) is 3.12. The molecule has 0 atom stereocenters. The molecular formula is C20H31N3O5S. The van der Waals surface area contributed by atoms with Crippen LogP contribution in [0.5, 0.6) is 0 Å². The summed E-state index contributed by atoms with van der Waals surface area (Å²) in [4.78, 5) is 26.7. The number of esters is 1. The van der Waals surface area contributed by atoms with E-state index in [2.05, 4.69) is 10.2 Å². The number of rotatable bonds is 9. The maximum Gasteiger partial charge on any atom is 0.340 e. The van der Waals surface area contributed by atoms with Gasteiger partial charge in [-0.3, -0.25) is 4.79 Å². The van der Waals surface area contributed by atoms with Gasteiger partial charge in [0, 0.05) is 33.7 Å². The largest absolute Gasteiger partial charge is 0.452 e. The van der Waals surface area contributed by atoms with Crippen molar-refractivity contribution in [1.82, 2.24) is 9.62 Å². The van der Waals surface area contributed by atoms with E-state index in [-0.39, 0.29) is 16.4 Å². The molecule has 2 rings (SSSR count). The molecule has 1 aliphatic heterocycles. The Morgan fingerprint density at radius 3 is 2.48 bits per heavy atom. The van der Waals surface area contributed by atoms with Gasteiger partial charge < -0.3 is 15.0 Å². The van der Waals surface area contributed by atoms with E-state index >= 15 is 0 Å². The number of hydrogen-bond donors (Lipinski definition) is 1. The van der Waals surface area contributed by atoms with Crippen LogP contribution in [0.15, 0.2) is 23.1 Å². The van der Waals surface area contributed by atoms with Crippen LogP contribution in [0, 0.1) is 0 Å². The third-order valence-electron chi connectivity index (χ3n) is 4.85. The third-order valence-corrected chi connectivity index (χ3v) is 6.66. The van der Waals surface area contributed by atoms with Gasteiger partial charge in [-0.15, -0.1) is 0 Å². The molecule has 0 radical (unpaired) electrons. The molecule has 9 heteroatoms. The second kappa shape index (κ2) is 10.6. The van der Waals surface area contributed by atoms with Gasteiger partial charge in [-0.2, -0.15) is 0 Å². The summed E-state index contributed by atoms with van der Waals surface area (Å²) in [6.45, 7) is 3.73. The predicted molar refractivity (Wildman–Crippen MR) is 112 cm³/mol. The average molecular weight is 426 g/mol. The number of carbonyl (C=O) groups is 2. The molecule has 29 heavy (non-hydrogen) atoms. The van der Waals surface area contributed by atoms with E-state index in [9.17, 15) is 18.0 Å². The molecule has 1 heterocycles. The quantitative estimate of drug-likeness (QED) is 0.480. The number of ether oxygens (including phenoxy) is 1. The molecule has 1 N–H and O–H groups in total. The van der Waals surface area contributed by atoms with Gasteiger partial charge in [0.25, 0.3) is 5.91 Å². The van der Waals surface area contributed by atoms with Gasteiger partial charge in [-0.25, -0.2) is 17.5 Å². The van der Waals surface area contributed by atoms with Crippen molar-refractivity contribution in [2.24, 2.45) is 0 Å². The fourth-order valence-corrected chi connectivity index (χ4v) is 4.05. The van der Waals surface area contributed by atoms with E-state index in [1.165, 1.54) is 26.2 Å². The highest BCUT2D eigenvalue weighted by Crippen LogP contribution is 2.28. The molecule has 0 saturated carbocycles. The van der Waals surface area contributed by atoms with Crippen molar-refractivity contribution in [2.45, 2.75) is 43.9 Å². The first-order chi connectivity index (χ1) is 13.8. The molecule has 0 aliphatic carbocycles. The Hall–Kier alpha value is -2.13. The highest BCUT2D eigenvalue weighted by molar-refractivity contribution is 7.89. The minimum absolute atomic E-state index is 0.0163. The minimum atomic E-state index is -3.70. The summed E-state index contributed by atoms with van der Waals surface area (Å²) >= 11 is 0. The maximum absolute atomic E-state index is 12.8. The van der Waals surface area contributed by atoms with Crippen molar-refractivity contribution in [3.8, 4) is 0 Å². The summed E-state index contributed by atoms with van der Waals surface area (Å²) in [7, 11) is -0.825. The van der Waals surface area contributed by atoms with Crippen LogP contribution in [0.2, 0.25) is 0 Å². The SMILES string of the molecule is CCCCNC(=O)COC(=O)c1cc(S(=O)(=O)N(C)C)ccc1N1CCCCC1. The number of amides is 1. The van der Waals surface area contributed by atoms with Crippen LogP contribution in [-0.4, -0.2) is 64.9 Å². The lowest BCUT2D eigenvalue weighted by molar-refractivity contribution is -0.124. The number of piperidine rings is 1. The van der Waals surface area contributed by atoms with Crippen LogP contribution in [0.25, 0.3) is 0 Å². The van der Waals surface area contributed by atoms with Crippen molar-refractivity contribution in [3.05, 3.63) is 23.8 Å². The lowest BCUT2D eigenvalue weighted by Gasteiger charge is -2.30. The van der Waals surface area contributed by atoms with Gasteiger partial charge in [0.15, 0.2) is 6.61 Å². The molecule has 1 amide bonds. The summed E-state index contributed by atoms with van der Waals surface area (Å²) < 4.78 is 31.3. The monoisotopic (exact) mass is 425 g/mol. The Morgan fingerprint density at radius 2 is 1.86 bits per heavy atom. The Morgan fingerprint density at radius 1 is 1.17 bits per heavy atom. The van der Waals surface area contributed by atoms with E-state index in [4.69, 9.17) is 4.74 Å². The Bertz CT molecular complexity index is 817. The lowest BCUT2D eigenvalue weighted by Crippen LogP contribution is -2.32. The Labute approximate surface area is 173 Å². The van der Waals surface area contributed by atoms with E-state index in [0.29, 0.717) is 12.2 Å². The van der Waals surface area contributed by atoms with Gasteiger partial charge in [-0.1, -0.05) is 13.3 Å². The van der Waals surface area contributed by atoms with Gasteiger partial charge >= 0.3 is 5.97 Å². The molecule has 162 valence electrons. The molecule has 1 aromatic rings. The summed E-state index contributed by atoms with van der Waals surface area (Å²) in [6, 6.07) is 4.50. The van der Waals surface area contributed by atoms with E-state index in [0.717, 1.165) is 49.5 Å². The number of hydrogen-bond acceptors (Lipinski definition) is 6. The summed E-state index contributed by atoms with van der Waals surface area (Å²) in [5.41, 5.74) is 0.801. The molecule has 0 bridgehead atoms. The van der Waals surface area contributed by atoms with Crippen molar-refractivity contribution in [2.75, 3.05) is 45.2 Å². The minimum Gasteiger partial charge on any atom is -0.452 e. The van der Waals surface area contributed by atoms with Gasteiger partial charge in [-0.05, 0) is 43.9 Å². The predicted octanol–water partition coefficient (Wildman–Crippen LogP) is 2.00. The third kappa shape index (κ3) is 6.17. The van der Waals surface area contributed by atoms with Crippen LogP contribution in [-0.2, 0) is 19.6 Å². The van der Waals surface area contributed by atoms with Crippen molar-refractivity contribution < 1.29 is 22.7 Å². The number of nitrogens with one attached hydrogen (secondary N) is 1. The number of unbranched alkanes of at least 4 members (excludes halogenated alkanes) is 1. The molecule has 8 nitrogen and oxygen atoms in total. The van der Waals surface area contributed by atoms with Crippen molar-refractivity contribution >= 4 is 27.6 Å². The first-order valence-electron chi connectivity index (χ1n) is 10.0. The van der Waals surface area contributed by atoms with Crippen LogP contribution in [0.3, 0.4) is 0 Å². The molecule has 1 fully saturated rings. The highest BCUT2D eigenvalue weighted by Gasteiger charge is 2.25.